The summed E-state index contributed by atoms with van der Waals surface area (Å²) in [5.74, 6) is 0.809. The molecule has 0 aromatic carbocycles. The van der Waals surface area contributed by atoms with Crippen LogP contribution in [0.1, 0.15) is 45.7 Å². The van der Waals surface area contributed by atoms with Crippen LogP contribution in [0.2, 0.25) is 0 Å². The lowest BCUT2D eigenvalue weighted by Gasteiger charge is -2.20. The molecule has 0 amide bonds. The van der Waals surface area contributed by atoms with Crippen LogP contribution in [0.3, 0.4) is 0 Å². The lowest BCUT2D eigenvalue weighted by Crippen LogP contribution is -2.35. The number of nitrogens with one attached hydrogen (secondary N) is 1. The lowest BCUT2D eigenvalue weighted by molar-refractivity contribution is 0.265. The van der Waals surface area contributed by atoms with Gasteiger partial charge >= 0.3 is 0 Å². The molecule has 0 bridgehead atoms. The normalized spacial score (nSPS) is 11.6. The summed E-state index contributed by atoms with van der Waals surface area (Å²) in [7, 11) is 0. The number of hydrogen-bond acceptors (Lipinski definition) is 4. The standard InChI is InChI=1S/C15H26N2O2/c1-15(2,3)17-11-13-7-8-14(12-16-13)19-10-6-4-5-9-18/h7-8,12,17-18H,4-6,9-11H2,1-3H3. The first-order valence-electron chi connectivity index (χ1n) is 6.95. The molecular formula is C15H26N2O2. The van der Waals surface area contributed by atoms with Gasteiger partial charge in [0.1, 0.15) is 5.75 Å². The van der Waals surface area contributed by atoms with Gasteiger partial charge < -0.3 is 15.2 Å². The summed E-state index contributed by atoms with van der Waals surface area (Å²) in [6.45, 7) is 8.11. The van der Waals surface area contributed by atoms with Crippen LogP contribution in [0.25, 0.3) is 0 Å². The molecule has 0 saturated heterocycles. The average Bonchev–Trinajstić information content (AvgIpc) is 2.37. The molecule has 4 heteroatoms. The summed E-state index contributed by atoms with van der Waals surface area (Å²) < 4.78 is 5.59. The maximum absolute atomic E-state index is 8.66. The van der Waals surface area contributed by atoms with Gasteiger partial charge in [0.05, 0.1) is 18.5 Å². The van der Waals surface area contributed by atoms with E-state index in [0.717, 1.165) is 37.3 Å². The summed E-state index contributed by atoms with van der Waals surface area (Å²) in [5.41, 5.74) is 1.12. The van der Waals surface area contributed by atoms with E-state index in [0.29, 0.717) is 6.61 Å². The van der Waals surface area contributed by atoms with Crippen molar-refractivity contribution in [3.05, 3.63) is 24.0 Å². The van der Waals surface area contributed by atoms with E-state index >= 15 is 0 Å². The second-order valence-electron chi connectivity index (χ2n) is 5.72. The molecule has 4 nitrogen and oxygen atoms in total. The van der Waals surface area contributed by atoms with Crippen LogP contribution in [0, 0.1) is 0 Å². The second kappa shape index (κ2) is 8.12. The fourth-order valence-corrected chi connectivity index (χ4v) is 1.54. The van der Waals surface area contributed by atoms with Crippen LogP contribution in [0.5, 0.6) is 5.75 Å². The predicted molar refractivity (Wildman–Crippen MR) is 77.3 cm³/mol. The molecule has 1 aromatic heterocycles. The Balaban J connectivity index is 2.27. The number of aliphatic hydroxyl groups excluding tert-OH is 1. The summed E-state index contributed by atoms with van der Waals surface area (Å²) in [6, 6.07) is 3.94. The molecule has 1 aromatic rings. The number of nitrogens with zero attached hydrogens (tertiary/aromatic N) is 1. The molecule has 0 atom stereocenters. The second-order valence-corrected chi connectivity index (χ2v) is 5.72. The van der Waals surface area contributed by atoms with E-state index < -0.39 is 0 Å². The van der Waals surface area contributed by atoms with Crippen molar-refractivity contribution in [3.63, 3.8) is 0 Å². The van der Waals surface area contributed by atoms with Crippen LogP contribution in [-0.2, 0) is 6.54 Å². The molecule has 0 fully saturated rings. The zero-order valence-corrected chi connectivity index (χ0v) is 12.3. The van der Waals surface area contributed by atoms with Crippen LogP contribution >= 0.6 is 0 Å². The van der Waals surface area contributed by atoms with E-state index in [2.05, 4.69) is 31.1 Å². The first kappa shape index (κ1) is 15.9. The number of aliphatic hydroxyl groups is 1. The van der Waals surface area contributed by atoms with Crippen LogP contribution in [0.15, 0.2) is 18.3 Å². The molecule has 0 aliphatic carbocycles. The number of rotatable bonds is 8. The van der Waals surface area contributed by atoms with Crippen molar-refractivity contribution in [1.82, 2.24) is 10.3 Å². The van der Waals surface area contributed by atoms with E-state index in [-0.39, 0.29) is 12.1 Å². The van der Waals surface area contributed by atoms with E-state index in [4.69, 9.17) is 9.84 Å². The Morgan fingerprint density at radius 2 is 2.00 bits per heavy atom. The van der Waals surface area contributed by atoms with Crippen molar-refractivity contribution in [2.24, 2.45) is 0 Å². The third-order valence-corrected chi connectivity index (χ3v) is 2.67. The first-order chi connectivity index (χ1) is 9.01. The average molecular weight is 266 g/mol. The number of unbranched alkanes of at least 4 members (excludes halogenated alkanes) is 2. The van der Waals surface area contributed by atoms with E-state index in [1.54, 1.807) is 6.20 Å². The molecule has 108 valence electrons. The monoisotopic (exact) mass is 266 g/mol. The molecule has 0 aliphatic heterocycles. The van der Waals surface area contributed by atoms with Crippen LogP contribution in [-0.4, -0.2) is 28.8 Å². The zero-order chi connectivity index (χ0) is 14.1. The molecule has 0 spiro atoms. The molecule has 0 aliphatic rings. The molecular weight excluding hydrogens is 240 g/mol. The highest BCUT2D eigenvalue weighted by Crippen LogP contribution is 2.11. The Morgan fingerprint density at radius 1 is 1.21 bits per heavy atom. The third-order valence-electron chi connectivity index (χ3n) is 2.67. The van der Waals surface area contributed by atoms with Crippen molar-refractivity contribution < 1.29 is 9.84 Å². The van der Waals surface area contributed by atoms with Gasteiger partial charge in [-0.2, -0.15) is 0 Å². The first-order valence-corrected chi connectivity index (χ1v) is 6.95. The van der Waals surface area contributed by atoms with Gasteiger partial charge in [-0.1, -0.05) is 0 Å². The molecule has 0 radical (unpaired) electrons. The van der Waals surface area contributed by atoms with Gasteiger partial charge in [-0.3, -0.25) is 4.98 Å². The molecule has 1 rings (SSSR count). The third kappa shape index (κ3) is 7.80. The van der Waals surface area contributed by atoms with E-state index in [9.17, 15) is 0 Å². The fourth-order valence-electron chi connectivity index (χ4n) is 1.54. The Hall–Kier alpha value is -1.13. The van der Waals surface area contributed by atoms with Gasteiger partial charge in [0.2, 0.25) is 0 Å². The van der Waals surface area contributed by atoms with E-state index in [1.807, 2.05) is 12.1 Å². The SMILES string of the molecule is CC(C)(C)NCc1ccc(OCCCCCO)cn1. The van der Waals surface area contributed by atoms with Crippen LogP contribution < -0.4 is 10.1 Å². The fraction of sp³-hybridized carbons (Fsp3) is 0.667. The number of hydrogen-bond donors (Lipinski definition) is 2. The maximum Gasteiger partial charge on any atom is 0.137 e. The van der Waals surface area contributed by atoms with Crippen molar-refractivity contribution >= 4 is 0 Å². The smallest absolute Gasteiger partial charge is 0.137 e. The number of pyridine rings is 1. The maximum atomic E-state index is 8.66. The van der Waals surface area contributed by atoms with Gasteiger partial charge in [-0.25, -0.2) is 0 Å². The van der Waals surface area contributed by atoms with Crippen LogP contribution in [0.4, 0.5) is 0 Å². The quantitative estimate of drug-likeness (QED) is 0.710. The van der Waals surface area contributed by atoms with Crippen molar-refractivity contribution in [2.45, 2.75) is 52.1 Å². The van der Waals surface area contributed by atoms with Gasteiger partial charge in [-0.15, -0.1) is 0 Å². The molecule has 1 heterocycles. The molecule has 0 saturated carbocycles. The van der Waals surface area contributed by atoms with Crippen molar-refractivity contribution in [3.8, 4) is 5.75 Å². The zero-order valence-electron chi connectivity index (χ0n) is 12.3. The Morgan fingerprint density at radius 3 is 2.58 bits per heavy atom. The van der Waals surface area contributed by atoms with Crippen molar-refractivity contribution in [1.29, 1.82) is 0 Å². The van der Waals surface area contributed by atoms with Gasteiger partial charge in [-0.05, 0) is 52.2 Å². The molecule has 0 unspecified atom stereocenters. The van der Waals surface area contributed by atoms with Gasteiger partial charge in [0.25, 0.3) is 0 Å². The van der Waals surface area contributed by atoms with Gasteiger partial charge in [0, 0.05) is 18.7 Å². The number of aromatic nitrogens is 1. The Labute approximate surface area is 116 Å². The minimum absolute atomic E-state index is 0.101. The highest BCUT2D eigenvalue weighted by molar-refractivity contribution is 5.19. The predicted octanol–water partition coefficient (Wildman–Crippen LogP) is 2.51. The minimum atomic E-state index is 0.101. The Bertz CT molecular complexity index is 344. The van der Waals surface area contributed by atoms with Gasteiger partial charge in [0.15, 0.2) is 0 Å². The molecule has 2 N–H and O–H groups in total. The summed E-state index contributed by atoms with van der Waals surface area (Å²) >= 11 is 0. The minimum Gasteiger partial charge on any atom is -0.492 e. The summed E-state index contributed by atoms with van der Waals surface area (Å²) in [5, 5.41) is 12.1. The largest absolute Gasteiger partial charge is 0.492 e. The number of ether oxygens (including phenoxy) is 1. The topological polar surface area (TPSA) is 54.4 Å². The highest BCUT2D eigenvalue weighted by Gasteiger charge is 2.08. The van der Waals surface area contributed by atoms with Crippen molar-refractivity contribution in [2.75, 3.05) is 13.2 Å². The Kier molecular flexibility index (Phi) is 6.81. The highest BCUT2D eigenvalue weighted by atomic mass is 16.5. The summed E-state index contributed by atoms with van der Waals surface area (Å²) in [4.78, 5) is 4.37. The lowest BCUT2D eigenvalue weighted by atomic mass is 10.1. The summed E-state index contributed by atoms with van der Waals surface area (Å²) in [6.07, 6.45) is 4.58. The van der Waals surface area contributed by atoms with E-state index in [1.165, 1.54) is 0 Å². The molecule has 19 heavy (non-hydrogen) atoms.